The van der Waals surface area contributed by atoms with Gasteiger partial charge in [0.2, 0.25) is 5.91 Å². The molecule has 1 aliphatic heterocycles. The van der Waals surface area contributed by atoms with Gasteiger partial charge in [0.25, 0.3) is 0 Å². The number of aliphatic carboxylic acids is 1. The predicted octanol–water partition coefficient (Wildman–Crippen LogP) is 0.894. The zero-order valence-electron chi connectivity index (χ0n) is 11.7. The maximum absolute atomic E-state index is 12.1. The minimum atomic E-state index is -0.984. The third kappa shape index (κ3) is 5.06. The summed E-state index contributed by atoms with van der Waals surface area (Å²) in [5, 5.41) is 15.0. The molecule has 0 aromatic heterocycles. The topological polar surface area (TPSA) is 78.4 Å². The van der Waals surface area contributed by atoms with Crippen LogP contribution in [0.5, 0.6) is 0 Å². The molecule has 0 aliphatic carbocycles. The Morgan fingerprint density at radius 1 is 1.38 bits per heavy atom. The number of amides is 1. The van der Waals surface area contributed by atoms with E-state index in [1.165, 1.54) is 0 Å². The van der Waals surface area contributed by atoms with Crippen molar-refractivity contribution in [2.24, 2.45) is 0 Å². The molecule has 1 amide bonds. The van der Waals surface area contributed by atoms with E-state index in [0.717, 1.165) is 17.9 Å². The van der Waals surface area contributed by atoms with Gasteiger partial charge in [-0.3, -0.25) is 4.79 Å². The molecule has 0 saturated carbocycles. The molecule has 1 saturated heterocycles. The number of rotatable bonds is 6. The molecule has 2 unspecified atom stereocenters. The van der Waals surface area contributed by atoms with Crippen LogP contribution in [0.4, 0.5) is 0 Å². The summed E-state index contributed by atoms with van der Waals surface area (Å²) in [7, 11) is 0. The molecule has 0 bridgehead atoms. The van der Waals surface area contributed by atoms with Gasteiger partial charge < -0.3 is 15.7 Å². The Balaban J connectivity index is 1.86. The van der Waals surface area contributed by atoms with Gasteiger partial charge in [-0.05, 0) is 18.4 Å². The standard InChI is InChI=1S/C15H20N2O3S/c18-14(13-10-21-9-8-16-13)17-12(15(19)20)7-6-11-4-2-1-3-5-11/h1-5,12-13,16H,6-10H2,(H,17,18)(H,19,20). The molecule has 6 heteroatoms. The third-order valence-electron chi connectivity index (χ3n) is 3.42. The second-order valence-electron chi connectivity index (χ2n) is 5.01. The number of carboxylic acids is 1. The molecule has 5 nitrogen and oxygen atoms in total. The van der Waals surface area contributed by atoms with Gasteiger partial charge in [-0.25, -0.2) is 4.79 Å². The van der Waals surface area contributed by atoms with E-state index in [-0.39, 0.29) is 11.9 Å². The SMILES string of the molecule is O=C(O)C(CCc1ccccc1)NC(=O)C1CSCCN1. The van der Waals surface area contributed by atoms with E-state index >= 15 is 0 Å². The third-order valence-corrected chi connectivity index (χ3v) is 4.48. The summed E-state index contributed by atoms with van der Waals surface area (Å²) in [5.41, 5.74) is 1.07. The molecule has 0 radical (unpaired) electrons. The lowest BCUT2D eigenvalue weighted by molar-refractivity contribution is -0.142. The Morgan fingerprint density at radius 3 is 2.76 bits per heavy atom. The summed E-state index contributed by atoms with van der Waals surface area (Å²) in [4.78, 5) is 23.4. The minimum Gasteiger partial charge on any atom is -0.480 e. The molecule has 1 aromatic rings. The van der Waals surface area contributed by atoms with Crippen molar-refractivity contribution in [2.75, 3.05) is 18.1 Å². The molecular weight excluding hydrogens is 288 g/mol. The number of hydrogen-bond donors (Lipinski definition) is 3. The largest absolute Gasteiger partial charge is 0.480 e. The highest BCUT2D eigenvalue weighted by atomic mass is 32.2. The number of nitrogens with one attached hydrogen (secondary N) is 2. The van der Waals surface area contributed by atoms with Gasteiger partial charge in [0.1, 0.15) is 6.04 Å². The summed E-state index contributed by atoms with van der Waals surface area (Å²) in [6.07, 6.45) is 1.02. The van der Waals surface area contributed by atoms with Crippen LogP contribution in [0.1, 0.15) is 12.0 Å². The first-order valence-corrected chi connectivity index (χ1v) is 8.20. The zero-order chi connectivity index (χ0) is 15.1. The van der Waals surface area contributed by atoms with Crippen LogP contribution in [0, 0.1) is 0 Å². The summed E-state index contributed by atoms with van der Waals surface area (Å²) < 4.78 is 0. The molecular formula is C15H20N2O3S. The number of carbonyl (C=O) groups is 2. The van der Waals surface area contributed by atoms with Crippen LogP contribution < -0.4 is 10.6 Å². The first-order chi connectivity index (χ1) is 10.2. The second-order valence-corrected chi connectivity index (χ2v) is 6.16. The van der Waals surface area contributed by atoms with Crippen LogP contribution in [-0.2, 0) is 16.0 Å². The van der Waals surface area contributed by atoms with Crippen molar-refractivity contribution in [1.82, 2.24) is 10.6 Å². The molecule has 2 rings (SSSR count). The Labute approximate surface area is 128 Å². The van der Waals surface area contributed by atoms with Gasteiger partial charge in [-0.15, -0.1) is 0 Å². The number of carbonyl (C=O) groups excluding carboxylic acids is 1. The van der Waals surface area contributed by atoms with Gasteiger partial charge in [0.05, 0.1) is 6.04 Å². The van der Waals surface area contributed by atoms with Crippen LogP contribution in [-0.4, -0.2) is 47.1 Å². The molecule has 114 valence electrons. The first kappa shape index (κ1) is 15.9. The van der Waals surface area contributed by atoms with Gasteiger partial charge >= 0.3 is 5.97 Å². The van der Waals surface area contributed by atoms with Crippen molar-refractivity contribution in [3.8, 4) is 0 Å². The Kier molecular flexibility index (Phi) is 6.07. The Morgan fingerprint density at radius 2 is 2.14 bits per heavy atom. The van der Waals surface area contributed by atoms with E-state index in [4.69, 9.17) is 0 Å². The van der Waals surface area contributed by atoms with E-state index < -0.39 is 12.0 Å². The van der Waals surface area contributed by atoms with E-state index in [2.05, 4.69) is 10.6 Å². The summed E-state index contributed by atoms with van der Waals surface area (Å²) in [6, 6.07) is 8.56. The average molecular weight is 308 g/mol. The lowest BCUT2D eigenvalue weighted by Gasteiger charge is -2.24. The fourth-order valence-electron chi connectivity index (χ4n) is 2.22. The van der Waals surface area contributed by atoms with Crippen molar-refractivity contribution in [1.29, 1.82) is 0 Å². The molecule has 2 atom stereocenters. The average Bonchev–Trinajstić information content (AvgIpc) is 2.52. The number of thioether (sulfide) groups is 1. The maximum atomic E-state index is 12.1. The monoisotopic (exact) mass is 308 g/mol. The van der Waals surface area contributed by atoms with E-state index in [1.807, 2.05) is 30.3 Å². The minimum absolute atomic E-state index is 0.220. The van der Waals surface area contributed by atoms with Crippen molar-refractivity contribution in [3.05, 3.63) is 35.9 Å². The highest BCUT2D eigenvalue weighted by Gasteiger charge is 2.26. The fraction of sp³-hybridized carbons (Fsp3) is 0.467. The maximum Gasteiger partial charge on any atom is 0.326 e. The first-order valence-electron chi connectivity index (χ1n) is 7.05. The van der Waals surface area contributed by atoms with Crippen LogP contribution >= 0.6 is 11.8 Å². The van der Waals surface area contributed by atoms with E-state index in [0.29, 0.717) is 18.6 Å². The molecule has 1 fully saturated rings. The molecule has 0 spiro atoms. The van der Waals surface area contributed by atoms with Gasteiger partial charge in [0.15, 0.2) is 0 Å². The summed E-state index contributed by atoms with van der Waals surface area (Å²) in [5.74, 6) is 0.474. The summed E-state index contributed by atoms with van der Waals surface area (Å²) in [6.45, 7) is 0.782. The normalized spacial score (nSPS) is 19.7. The quantitative estimate of drug-likeness (QED) is 0.727. The Hall–Kier alpha value is -1.53. The molecule has 3 N–H and O–H groups in total. The molecule has 1 aliphatic rings. The van der Waals surface area contributed by atoms with Crippen molar-refractivity contribution < 1.29 is 14.7 Å². The van der Waals surface area contributed by atoms with Crippen LogP contribution in [0.2, 0.25) is 0 Å². The molecule has 1 aromatic carbocycles. The van der Waals surface area contributed by atoms with Crippen LogP contribution in [0.25, 0.3) is 0 Å². The van der Waals surface area contributed by atoms with Gasteiger partial charge in [-0.2, -0.15) is 11.8 Å². The highest BCUT2D eigenvalue weighted by Crippen LogP contribution is 2.09. The van der Waals surface area contributed by atoms with Gasteiger partial charge in [0, 0.05) is 18.1 Å². The second kappa shape index (κ2) is 8.05. The zero-order valence-corrected chi connectivity index (χ0v) is 12.6. The number of carboxylic acid groups (broad SMARTS) is 1. The lowest BCUT2D eigenvalue weighted by Crippen LogP contribution is -2.53. The van der Waals surface area contributed by atoms with E-state index in [9.17, 15) is 14.7 Å². The Bertz CT molecular complexity index is 475. The smallest absolute Gasteiger partial charge is 0.326 e. The number of hydrogen-bond acceptors (Lipinski definition) is 4. The van der Waals surface area contributed by atoms with Crippen molar-refractivity contribution in [3.63, 3.8) is 0 Å². The van der Waals surface area contributed by atoms with E-state index in [1.54, 1.807) is 11.8 Å². The van der Waals surface area contributed by atoms with Crippen LogP contribution in [0.3, 0.4) is 0 Å². The van der Waals surface area contributed by atoms with Crippen molar-refractivity contribution >= 4 is 23.6 Å². The fourth-order valence-corrected chi connectivity index (χ4v) is 3.15. The molecule has 21 heavy (non-hydrogen) atoms. The number of benzene rings is 1. The predicted molar refractivity (Wildman–Crippen MR) is 83.4 cm³/mol. The number of aryl methyl sites for hydroxylation is 1. The van der Waals surface area contributed by atoms with Crippen LogP contribution in [0.15, 0.2) is 30.3 Å². The van der Waals surface area contributed by atoms with Crippen molar-refractivity contribution in [2.45, 2.75) is 24.9 Å². The van der Waals surface area contributed by atoms with Gasteiger partial charge in [-0.1, -0.05) is 30.3 Å². The molecule has 1 heterocycles. The summed E-state index contributed by atoms with van der Waals surface area (Å²) >= 11 is 1.71. The highest BCUT2D eigenvalue weighted by molar-refractivity contribution is 7.99. The lowest BCUT2D eigenvalue weighted by atomic mass is 10.0.